The second-order valence-corrected chi connectivity index (χ2v) is 5.54. The Morgan fingerprint density at radius 3 is 2.71 bits per heavy atom. The lowest BCUT2D eigenvalue weighted by atomic mass is 10.2. The van der Waals surface area contributed by atoms with Gasteiger partial charge in [0.2, 0.25) is 5.89 Å². The lowest BCUT2D eigenvalue weighted by Gasteiger charge is -2.11. The molecule has 1 aromatic heterocycles. The summed E-state index contributed by atoms with van der Waals surface area (Å²) < 4.78 is 10.7. The van der Waals surface area contributed by atoms with Crippen molar-refractivity contribution in [2.24, 2.45) is 0 Å². The number of ether oxygens (including phenoxy) is 1. The summed E-state index contributed by atoms with van der Waals surface area (Å²) >= 11 is 1.26. The van der Waals surface area contributed by atoms with E-state index in [1.807, 2.05) is 37.3 Å². The van der Waals surface area contributed by atoms with E-state index in [2.05, 4.69) is 10.2 Å². The molecule has 0 spiro atoms. The Hall–Kier alpha value is -1.82. The molecule has 6 heteroatoms. The van der Waals surface area contributed by atoms with Crippen LogP contribution in [0.25, 0.3) is 11.5 Å². The van der Waals surface area contributed by atoms with Gasteiger partial charge in [0.1, 0.15) is 5.25 Å². The molecule has 0 saturated heterocycles. The van der Waals surface area contributed by atoms with Gasteiger partial charge in [-0.3, -0.25) is 4.79 Å². The van der Waals surface area contributed by atoms with Gasteiger partial charge < -0.3 is 9.15 Å². The van der Waals surface area contributed by atoms with Crippen molar-refractivity contribution in [3.8, 4) is 11.5 Å². The quantitative estimate of drug-likeness (QED) is 0.575. The first-order valence-corrected chi connectivity index (χ1v) is 7.84. The highest BCUT2D eigenvalue weighted by molar-refractivity contribution is 8.00. The Labute approximate surface area is 128 Å². The molecule has 2 rings (SSSR count). The summed E-state index contributed by atoms with van der Waals surface area (Å²) in [4.78, 5) is 11.9. The van der Waals surface area contributed by atoms with Gasteiger partial charge in [-0.25, -0.2) is 0 Å². The van der Waals surface area contributed by atoms with Gasteiger partial charge in [-0.2, -0.15) is 0 Å². The molecule has 0 radical (unpaired) electrons. The van der Waals surface area contributed by atoms with E-state index in [9.17, 15) is 4.79 Å². The first kappa shape index (κ1) is 15.6. The predicted molar refractivity (Wildman–Crippen MR) is 80.9 cm³/mol. The molecule has 21 heavy (non-hydrogen) atoms. The van der Waals surface area contributed by atoms with Crippen molar-refractivity contribution in [2.75, 3.05) is 6.61 Å². The fraction of sp³-hybridized carbons (Fsp3) is 0.400. The maximum absolute atomic E-state index is 11.9. The predicted octanol–water partition coefficient (Wildman–Crippen LogP) is 3.56. The summed E-state index contributed by atoms with van der Waals surface area (Å²) in [6.45, 7) is 4.19. The zero-order valence-corrected chi connectivity index (χ0v) is 12.9. The maximum Gasteiger partial charge on any atom is 0.319 e. The number of aromatic nitrogens is 2. The Morgan fingerprint density at radius 1 is 1.29 bits per heavy atom. The topological polar surface area (TPSA) is 65.2 Å². The third-order valence-electron chi connectivity index (χ3n) is 2.77. The highest BCUT2D eigenvalue weighted by atomic mass is 32.2. The molecule has 0 aliphatic heterocycles. The summed E-state index contributed by atoms with van der Waals surface area (Å²) in [7, 11) is 0. The molecule has 1 atom stereocenters. The van der Waals surface area contributed by atoms with Crippen molar-refractivity contribution in [1.82, 2.24) is 10.2 Å². The highest BCUT2D eigenvalue weighted by Gasteiger charge is 2.23. The van der Waals surface area contributed by atoms with Crippen LogP contribution in [0.5, 0.6) is 0 Å². The molecule has 1 heterocycles. The number of benzene rings is 1. The smallest absolute Gasteiger partial charge is 0.319 e. The van der Waals surface area contributed by atoms with E-state index in [1.54, 1.807) is 6.92 Å². The van der Waals surface area contributed by atoms with E-state index in [4.69, 9.17) is 9.15 Å². The third kappa shape index (κ3) is 4.32. The van der Waals surface area contributed by atoms with E-state index in [0.717, 1.165) is 12.0 Å². The zero-order chi connectivity index (χ0) is 15.1. The van der Waals surface area contributed by atoms with E-state index in [1.165, 1.54) is 11.8 Å². The number of rotatable bonds is 7. The Bertz CT molecular complexity index is 571. The lowest BCUT2D eigenvalue weighted by Crippen LogP contribution is -2.20. The van der Waals surface area contributed by atoms with E-state index in [-0.39, 0.29) is 11.2 Å². The number of esters is 1. The number of nitrogens with zero attached hydrogens (tertiary/aromatic N) is 2. The normalized spacial score (nSPS) is 12.1. The van der Waals surface area contributed by atoms with E-state index < -0.39 is 0 Å². The SMILES string of the molecule is CCCC(Sc1nnc(-c2ccccc2)o1)C(=O)OCC. The molecule has 0 fully saturated rings. The highest BCUT2D eigenvalue weighted by Crippen LogP contribution is 2.28. The van der Waals surface area contributed by atoms with Crippen LogP contribution in [-0.2, 0) is 9.53 Å². The largest absolute Gasteiger partial charge is 0.465 e. The fourth-order valence-electron chi connectivity index (χ4n) is 1.80. The molecule has 0 bridgehead atoms. The van der Waals surface area contributed by atoms with Gasteiger partial charge in [0.05, 0.1) is 6.61 Å². The molecule has 0 N–H and O–H groups in total. The average Bonchev–Trinajstić information content (AvgIpc) is 2.96. The summed E-state index contributed by atoms with van der Waals surface area (Å²) in [5, 5.41) is 8.09. The minimum absolute atomic E-state index is 0.233. The third-order valence-corrected chi connectivity index (χ3v) is 3.85. The first-order valence-electron chi connectivity index (χ1n) is 6.96. The number of thioether (sulfide) groups is 1. The second kappa shape index (κ2) is 7.83. The van der Waals surface area contributed by atoms with Crippen molar-refractivity contribution in [3.05, 3.63) is 30.3 Å². The monoisotopic (exact) mass is 306 g/mol. The van der Waals surface area contributed by atoms with Crippen LogP contribution in [0.2, 0.25) is 0 Å². The summed E-state index contributed by atoms with van der Waals surface area (Å²) in [6, 6.07) is 9.54. The summed E-state index contributed by atoms with van der Waals surface area (Å²) in [5.41, 5.74) is 0.861. The number of hydrogen-bond acceptors (Lipinski definition) is 6. The van der Waals surface area contributed by atoms with Crippen LogP contribution in [-0.4, -0.2) is 28.0 Å². The van der Waals surface area contributed by atoms with Crippen molar-refractivity contribution in [3.63, 3.8) is 0 Å². The minimum Gasteiger partial charge on any atom is -0.465 e. The van der Waals surface area contributed by atoms with Crippen LogP contribution in [0.1, 0.15) is 26.7 Å². The molecule has 0 aliphatic carbocycles. The van der Waals surface area contributed by atoms with Gasteiger partial charge in [-0.15, -0.1) is 10.2 Å². The van der Waals surface area contributed by atoms with Crippen LogP contribution in [0.15, 0.2) is 40.0 Å². The summed E-state index contributed by atoms with van der Waals surface area (Å²) in [5.74, 6) is 0.223. The molecule has 1 unspecified atom stereocenters. The van der Waals surface area contributed by atoms with Gasteiger partial charge in [0, 0.05) is 5.56 Å². The second-order valence-electron chi connectivity index (χ2n) is 4.39. The van der Waals surface area contributed by atoms with E-state index in [0.29, 0.717) is 24.1 Å². The number of carbonyl (C=O) groups is 1. The standard InChI is InChI=1S/C15H18N2O3S/c1-3-8-12(14(18)19-4-2)21-15-17-16-13(20-15)11-9-6-5-7-10-11/h5-7,9-10,12H,3-4,8H2,1-2H3. The van der Waals surface area contributed by atoms with Crippen LogP contribution in [0, 0.1) is 0 Å². The van der Waals surface area contributed by atoms with Crippen LogP contribution in [0.4, 0.5) is 0 Å². The Balaban J connectivity index is 2.08. The molecule has 0 saturated carbocycles. The molecule has 0 aliphatic rings. The zero-order valence-electron chi connectivity index (χ0n) is 12.1. The minimum atomic E-state index is -0.306. The van der Waals surface area contributed by atoms with Gasteiger partial charge in [0.25, 0.3) is 5.22 Å². The maximum atomic E-state index is 11.9. The van der Waals surface area contributed by atoms with Crippen molar-refractivity contribution in [1.29, 1.82) is 0 Å². The molecular weight excluding hydrogens is 288 g/mol. The van der Waals surface area contributed by atoms with Crippen molar-refractivity contribution in [2.45, 2.75) is 37.2 Å². The van der Waals surface area contributed by atoms with Crippen LogP contribution < -0.4 is 0 Å². The Morgan fingerprint density at radius 2 is 2.05 bits per heavy atom. The van der Waals surface area contributed by atoms with E-state index >= 15 is 0 Å². The van der Waals surface area contributed by atoms with Gasteiger partial charge >= 0.3 is 5.97 Å². The molecule has 0 amide bonds. The molecular formula is C15H18N2O3S. The van der Waals surface area contributed by atoms with Gasteiger partial charge in [-0.05, 0) is 25.5 Å². The fourth-order valence-corrected chi connectivity index (χ4v) is 2.77. The Kier molecular flexibility index (Phi) is 5.80. The van der Waals surface area contributed by atoms with Gasteiger partial charge in [-0.1, -0.05) is 43.3 Å². The number of hydrogen-bond donors (Lipinski definition) is 0. The molecule has 5 nitrogen and oxygen atoms in total. The van der Waals surface area contributed by atoms with Crippen LogP contribution >= 0.6 is 11.8 Å². The lowest BCUT2D eigenvalue weighted by molar-refractivity contribution is -0.142. The van der Waals surface area contributed by atoms with Crippen molar-refractivity contribution >= 4 is 17.7 Å². The van der Waals surface area contributed by atoms with Gasteiger partial charge in [0.15, 0.2) is 0 Å². The summed E-state index contributed by atoms with van der Waals surface area (Å²) in [6.07, 6.45) is 1.60. The molecule has 2 aromatic rings. The molecule has 112 valence electrons. The average molecular weight is 306 g/mol. The first-order chi connectivity index (χ1) is 10.2. The van der Waals surface area contributed by atoms with Crippen LogP contribution in [0.3, 0.4) is 0 Å². The molecule has 1 aromatic carbocycles. The number of carbonyl (C=O) groups excluding carboxylic acids is 1. The van der Waals surface area contributed by atoms with Crippen molar-refractivity contribution < 1.29 is 13.9 Å².